The maximum absolute atomic E-state index is 2.31. The molecule has 0 heteroatoms. The molecule has 0 heterocycles. The van der Waals surface area contributed by atoms with Gasteiger partial charge in [-0.2, -0.15) is 0 Å². The summed E-state index contributed by atoms with van der Waals surface area (Å²) in [6.45, 7) is 6.53. The smallest absolute Gasteiger partial charge is 0.0148 e. The lowest BCUT2D eigenvalue weighted by Crippen LogP contribution is -1.84. The first-order valence-corrected chi connectivity index (χ1v) is 6.05. The number of aryl methyl sites for hydroxylation is 3. The van der Waals surface area contributed by atoms with Crippen LogP contribution >= 0.6 is 0 Å². The Balaban J connectivity index is 2.48. The van der Waals surface area contributed by atoms with Crippen LogP contribution in [0.15, 0.2) is 42.5 Å². The predicted octanol–water partition coefficient (Wildman–Crippen LogP) is 4.92. The third-order valence-corrected chi connectivity index (χ3v) is 3.67. The van der Waals surface area contributed by atoms with Crippen LogP contribution in [0.5, 0.6) is 0 Å². The second-order valence-corrected chi connectivity index (χ2v) is 4.93. The molecule has 0 bridgehead atoms. The average Bonchev–Trinajstić information content (AvgIpc) is 2.29. The number of fused-ring (bicyclic) bond motifs is 2. The number of hydrogen-bond donors (Lipinski definition) is 0. The summed E-state index contributed by atoms with van der Waals surface area (Å²) in [6.07, 6.45) is 0. The normalized spacial score (nSPS) is 11.2. The molecule has 3 aromatic rings. The van der Waals surface area contributed by atoms with Crippen LogP contribution in [0.2, 0.25) is 0 Å². The van der Waals surface area contributed by atoms with Gasteiger partial charge in [-0.05, 0) is 71.1 Å². The Bertz CT molecular complexity index is 721. The third-order valence-electron chi connectivity index (χ3n) is 3.67. The fraction of sp³-hybridized carbons (Fsp3) is 0.176. The van der Waals surface area contributed by atoms with Gasteiger partial charge in [0.2, 0.25) is 0 Å². The van der Waals surface area contributed by atoms with Gasteiger partial charge in [0.25, 0.3) is 0 Å². The Morgan fingerprint density at radius 1 is 0.588 bits per heavy atom. The van der Waals surface area contributed by atoms with E-state index in [4.69, 9.17) is 0 Å². The van der Waals surface area contributed by atoms with Crippen molar-refractivity contribution in [3.05, 3.63) is 59.2 Å². The third kappa shape index (κ3) is 1.61. The zero-order valence-corrected chi connectivity index (χ0v) is 10.5. The maximum atomic E-state index is 2.31. The molecule has 3 aromatic carbocycles. The van der Waals surface area contributed by atoms with Gasteiger partial charge in [0.15, 0.2) is 0 Å². The lowest BCUT2D eigenvalue weighted by atomic mass is 9.97. The molecule has 0 fully saturated rings. The van der Waals surface area contributed by atoms with E-state index in [9.17, 15) is 0 Å². The Labute approximate surface area is 102 Å². The Kier molecular flexibility index (Phi) is 2.19. The van der Waals surface area contributed by atoms with E-state index in [0.29, 0.717) is 0 Å². The lowest BCUT2D eigenvalue weighted by Gasteiger charge is -2.07. The quantitative estimate of drug-likeness (QED) is 0.472. The topological polar surface area (TPSA) is 0 Å². The minimum Gasteiger partial charge on any atom is -0.0614 e. The SMILES string of the molecule is Cc1cc2cc3cccc(C)c3cc2cc1C. The summed E-state index contributed by atoms with van der Waals surface area (Å²) in [5.74, 6) is 0. The highest BCUT2D eigenvalue weighted by atomic mass is 14.1. The Hall–Kier alpha value is -1.82. The van der Waals surface area contributed by atoms with Gasteiger partial charge in [-0.15, -0.1) is 0 Å². The van der Waals surface area contributed by atoms with Crippen LogP contribution in [-0.2, 0) is 0 Å². The molecule has 0 saturated heterocycles. The molecule has 3 rings (SSSR count). The molecule has 0 atom stereocenters. The van der Waals surface area contributed by atoms with Gasteiger partial charge in [0, 0.05) is 0 Å². The molecule has 0 unspecified atom stereocenters. The number of benzene rings is 3. The van der Waals surface area contributed by atoms with Crippen molar-refractivity contribution in [2.75, 3.05) is 0 Å². The van der Waals surface area contributed by atoms with E-state index in [0.717, 1.165) is 0 Å². The van der Waals surface area contributed by atoms with Crippen molar-refractivity contribution in [3.63, 3.8) is 0 Å². The molecule has 0 aliphatic carbocycles. The number of hydrogen-bond acceptors (Lipinski definition) is 0. The monoisotopic (exact) mass is 220 g/mol. The largest absolute Gasteiger partial charge is 0.0614 e. The molecular weight excluding hydrogens is 204 g/mol. The lowest BCUT2D eigenvalue weighted by molar-refractivity contribution is 1.37. The first-order valence-electron chi connectivity index (χ1n) is 6.05. The summed E-state index contributed by atoms with van der Waals surface area (Å²) >= 11 is 0. The molecule has 0 nitrogen and oxygen atoms in total. The van der Waals surface area contributed by atoms with E-state index in [1.54, 1.807) is 0 Å². The van der Waals surface area contributed by atoms with Gasteiger partial charge in [-0.3, -0.25) is 0 Å². The fourth-order valence-electron chi connectivity index (χ4n) is 2.46. The highest BCUT2D eigenvalue weighted by Crippen LogP contribution is 2.27. The minimum absolute atomic E-state index is 1.33. The Morgan fingerprint density at radius 2 is 1.24 bits per heavy atom. The predicted molar refractivity (Wildman–Crippen MR) is 75.7 cm³/mol. The van der Waals surface area contributed by atoms with E-state index in [1.165, 1.54) is 38.2 Å². The molecule has 0 radical (unpaired) electrons. The van der Waals surface area contributed by atoms with Crippen LogP contribution in [0.4, 0.5) is 0 Å². The zero-order valence-electron chi connectivity index (χ0n) is 10.5. The van der Waals surface area contributed by atoms with Crippen LogP contribution < -0.4 is 0 Å². The summed E-state index contributed by atoms with van der Waals surface area (Å²) in [7, 11) is 0. The van der Waals surface area contributed by atoms with Crippen molar-refractivity contribution in [2.45, 2.75) is 20.8 Å². The first-order chi connectivity index (χ1) is 8.15. The van der Waals surface area contributed by atoms with E-state index in [-0.39, 0.29) is 0 Å². The van der Waals surface area contributed by atoms with Crippen molar-refractivity contribution >= 4 is 21.5 Å². The second-order valence-electron chi connectivity index (χ2n) is 4.93. The summed E-state index contributed by atoms with van der Waals surface area (Å²) in [5, 5.41) is 5.38. The summed E-state index contributed by atoms with van der Waals surface area (Å²) in [5.41, 5.74) is 4.08. The molecule has 0 aromatic heterocycles. The van der Waals surface area contributed by atoms with Crippen molar-refractivity contribution in [1.82, 2.24) is 0 Å². The van der Waals surface area contributed by atoms with Crippen molar-refractivity contribution < 1.29 is 0 Å². The molecule has 17 heavy (non-hydrogen) atoms. The van der Waals surface area contributed by atoms with Gasteiger partial charge in [-0.1, -0.05) is 30.3 Å². The maximum Gasteiger partial charge on any atom is -0.0148 e. The molecule has 0 aliphatic rings. The van der Waals surface area contributed by atoms with Crippen molar-refractivity contribution in [1.29, 1.82) is 0 Å². The fourth-order valence-corrected chi connectivity index (χ4v) is 2.46. The molecule has 0 spiro atoms. The van der Waals surface area contributed by atoms with Gasteiger partial charge in [-0.25, -0.2) is 0 Å². The molecule has 0 N–H and O–H groups in total. The average molecular weight is 220 g/mol. The van der Waals surface area contributed by atoms with Gasteiger partial charge in [0.05, 0.1) is 0 Å². The summed E-state index contributed by atoms with van der Waals surface area (Å²) < 4.78 is 0. The molecule has 0 aliphatic heterocycles. The standard InChI is InChI=1S/C17H16/c1-11-5-4-6-14-9-15-7-12(2)13(3)8-16(15)10-17(11)14/h4-10H,1-3H3. The van der Waals surface area contributed by atoms with Crippen LogP contribution in [-0.4, -0.2) is 0 Å². The van der Waals surface area contributed by atoms with E-state index >= 15 is 0 Å². The summed E-state index contributed by atoms with van der Waals surface area (Å²) in [4.78, 5) is 0. The highest BCUT2D eigenvalue weighted by Gasteiger charge is 2.02. The minimum atomic E-state index is 1.33. The van der Waals surface area contributed by atoms with Crippen molar-refractivity contribution in [3.8, 4) is 0 Å². The molecular formula is C17H16. The first kappa shape index (κ1) is 10.3. The molecule has 84 valence electrons. The van der Waals surface area contributed by atoms with Gasteiger partial charge < -0.3 is 0 Å². The second kappa shape index (κ2) is 3.59. The molecule has 0 amide bonds. The Morgan fingerprint density at radius 3 is 1.94 bits per heavy atom. The van der Waals surface area contributed by atoms with E-state index in [1.807, 2.05) is 0 Å². The molecule has 0 saturated carbocycles. The van der Waals surface area contributed by atoms with Crippen molar-refractivity contribution in [2.24, 2.45) is 0 Å². The summed E-state index contributed by atoms with van der Waals surface area (Å²) in [6, 6.07) is 15.7. The van der Waals surface area contributed by atoms with Crippen LogP contribution in [0.3, 0.4) is 0 Å². The zero-order chi connectivity index (χ0) is 12.0. The van der Waals surface area contributed by atoms with Crippen LogP contribution in [0.1, 0.15) is 16.7 Å². The van der Waals surface area contributed by atoms with Gasteiger partial charge in [0.1, 0.15) is 0 Å². The number of rotatable bonds is 0. The van der Waals surface area contributed by atoms with Crippen LogP contribution in [0, 0.1) is 20.8 Å². The van der Waals surface area contributed by atoms with Gasteiger partial charge >= 0.3 is 0 Å². The van der Waals surface area contributed by atoms with Crippen LogP contribution in [0.25, 0.3) is 21.5 Å². The highest BCUT2D eigenvalue weighted by molar-refractivity contribution is 6.00. The van der Waals surface area contributed by atoms with E-state index in [2.05, 4.69) is 63.2 Å². The van der Waals surface area contributed by atoms with E-state index < -0.39 is 0 Å².